The van der Waals surface area contributed by atoms with Crippen LogP contribution in [0.5, 0.6) is 0 Å². The van der Waals surface area contributed by atoms with E-state index < -0.39 is 31.3 Å². The molecule has 0 saturated carbocycles. The van der Waals surface area contributed by atoms with Gasteiger partial charge in [0.1, 0.15) is 0 Å². The Hall–Kier alpha value is -1.34. The molecule has 6 nitrogen and oxygen atoms in total. The molecule has 98 valence electrons. The molecule has 1 aromatic rings. The average Bonchev–Trinajstić information content (AvgIpc) is 2.75. The number of rotatable bonds is 2. The molecule has 0 radical (unpaired) electrons. The number of aromatic amines is 1. The largest absolute Gasteiger partial charge is 0.513 e. The highest BCUT2D eigenvalue weighted by atomic mass is 16.7. The second kappa shape index (κ2) is 4.10. The van der Waals surface area contributed by atoms with Gasteiger partial charge in [-0.05, 0) is 27.7 Å². The molecule has 18 heavy (non-hydrogen) atoms. The van der Waals surface area contributed by atoms with E-state index in [-0.39, 0.29) is 17.6 Å². The third kappa shape index (κ3) is 2.04. The first kappa shape index (κ1) is 8.71. The van der Waals surface area contributed by atoms with Crippen molar-refractivity contribution in [3.63, 3.8) is 0 Å². The van der Waals surface area contributed by atoms with Crippen molar-refractivity contribution < 1.29 is 24.3 Å². The molecule has 1 fully saturated rings. The highest BCUT2D eigenvalue weighted by molar-refractivity contribution is 6.61. The molecule has 0 bridgehead atoms. The van der Waals surface area contributed by atoms with Crippen molar-refractivity contribution in [2.45, 2.75) is 38.9 Å². The van der Waals surface area contributed by atoms with Crippen LogP contribution in [-0.2, 0) is 14.0 Å². The number of imidazole rings is 1. The van der Waals surface area contributed by atoms with E-state index in [1.165, 1.54) is 0 Å². The van der Waals surface area contributed by atoms with E-state index in [0.717, 1.165) is 0 Å². The number of methoxy groups -OCH3 is 1. The average molecular weight is 256 g/mol. The van der Waals surface area contributed by atoms with Crippen molar-refractivity contribution in [3.8, 4) is 0 Å². The normalized spacial score (nSPS) is 25.0. The van der Waals surface area contributed by atoms with Crippen LogP contribution in [0.1, 0.15) is 43.8 Å². The van der Waals surface area contributed by atoms with Gasteiger partial charge >= 0.3 is 13.1 Å². The van der Waals surface area contributed by atoms with Crippen LogP contribution in [0, 0.1) is 0 Å². The van der Waals surface area contributed by atoms with Gasteiger partial charge in [-0.2, -0.15) is 0 Å². The van der Waals surface area contributed by atoms with Crippen molar-refractivity contribution in [2.75, 3.05) is 7.04 Å². The number of carbonyl (C=O) groups is 1. The molecule has 0 unspecified atom stereocenters. The molecule has 1 aromatic heterocycles. The Morgan fingerprint density at radius 2 is 2.11 bits per heavy atom. The molecule has 0 aliphatic carbocycles. The first-order valence-electron chi connectivity index (χ1n) is 7.48. The Kier molecular flexibility index (Phi) is 1.98. The topological polar surface area (TPSA) is 73.4 Å². The summed E-state index contributed by atoms with van der Waals surface area (Å²) in [7, 11) is -3.78. The molecule has 1 aliphatic rings. The van der Waals surface area contributed by atoms with Gasteiger partial charge in [0.25, 0.3) is 0 Å². The Balaban J connectivity index is 2.23. The maximum Gasteiger partial charge on any atom is 0.513 e. The molecule has 1 aliphatic heterocycles. The van der Waals surface area contributed by atoms with E-state index in [9.17, 15) is 4.79 Å². The van der Waals surface area contributed by atoms with Crippen molar-refractivity contribution in [1.29, 1.82) is 0 Å². The van der Waals surface area contributed by atoms with Crippen molar-refractivity contribution in [2.24, 2.45) is 0 Å². The molecule has 0 amide bonds. The lowest BCUT2D eigenvalue weighted by atomic mass is 9.86. The summed E-state index contributed by atoms with van der Waals surface area (Å²) in [5.41, 5.74) is -1.10. The molecule has 1 saturated heterocycles. The zero-order valence-electron chi connectivity index (χ0n) is 14.7. The molecule has 0 spiro atoms. The zero-order chi connectivity index (χ0) is 16.9. The van der Waals surface area contributed by atoms with Crippen LogP contribution in [0.2, 0.25) is 0 Å². The molecule has 0 aromatic carbocycles. The standard InChI is InChI=1S/C11H17BN2O4/c1-10(2)11(3,4)18-12(17-10)7-6-13-8(14-7)9(15)16-5/h6H,1-5H3,(H,13,14)/i5D3,6D. The monoisotopic (exact) mass is 256 g/mol. The number of hydrogen-bond donors (Lipinski definition) is 1. The zero-order valence-corrected chi connectivity index (χ0v) is 10.7. The fourth-order valence-electron chi connectivity index (χ4n) is 1.52. The van der Waals surface area contributed by atoms with Gasteiger partial charge in [-0.1, -0.05) is 0 Å². The number of hydrogen-bond acceptors (Lipinski definition) is 5. The Morgan fingerprint density at radius 1 is 1.50 bits per heavy atom. The number of H-pyrrole nitrogens is 1. The van der Waals surface area contributed by atoms with E-state index >= 15 is 0 Å². The SMILES string of the molecule is [2H]c1nc(C(=O)OC([2H])([2H])[2H])[nH]c1B1OC(C)(C)C(C)(C)O1. The summed E-state index contributed by atoms with van der Waals surface area (Å²) in [6.45, 7) is 7.38. The first-order valence-corrected chi connectivity index (χ1v) is 5.48. The summed E-state index contributed by atoms with van der Waals surface area (Å²) < 4.78 is 44.2. The number of aromatic nitrogens is 2. The summed E-state index contributed by atoms with van der Waals surface area (Å²) in [6, 6.07) is 0. The minimum Gasteiger partial charge on any atom is -0.463 e. The fraction of sp³-hybridized carbons (Fsp3) is 0.636. The first-order chi connectivity index (χ1) is 9.82. The van der Waals surface area contributed by atoms with Gasteiger partial charge in [-0.15, -0.1) is 0 Å². The second-order valence-electron chi connectivity index (χ2n) is 5.09. The van der Waals surface area contributed by atoms with Crippen molar-refractivity contribution >= 4 is 18.7 Å². The Labute approximate surface area is 112 Å². The molecule has 2 rings (SSSR count). The lowest BCUT2D eigenvalue weighted by Crippen LogP contribution is -2.41. The van der Waals surface area contributed by atoms with E-state index in [2.05, 4.69) is 14.7 Å². The van der Waals surface area contributed by atoms with Crippen LogP contribution in [0.3, 0.4) is 0 Å². The van der Waals surface area contributed by atoms with E-state index in [0.29, 0.717) is 0 Å². The number of nitrogens with one attached hydrogen (secondary N) is 1. The third-order valence-corrected chi connectivity index (χ3v) is 3.32. The summed E-state index contributed by atoms with van der Waals surface area (Å²) in [5, 5.41) is 0. The predicted molar refractivity (Wildman–Crippen MR) is 65.6 cm³/mol. The molecule has 7 heteroatoms. The summed E-state index contributed by atoms with van der Waals surface area (Å²) in [4.78, 5) is 17.9. The minimum atomic E-state index is -2.88. The van der Waals surface area contributed by atoms with Gasteiger partial charge in [-0.25, -0.2) is 9.78 Å². The minimum absolute atomic E-state index is 0.135. The maximum atomic E-state index is 11.7. The molecule has 1 N–H and O–H groups in total. The Morgan fingerprint density at radius 3 is 2.67 bits per heavy atom. The smallest absolute Gasteiger partial charge is 0.463 e. The van der Waals surface area contributed by atoms with Crippen LogP contribution in [-0.4, -0.2) is 41.3 Å². The summed E-state index contributed by atoms with van der Waals surface area (Å²) >= 11 is 0. The summed E-state index contributed by atoms with van der Waals surface area (Å²) in [5.74, 6) is -1.55. The quantitative estimate of drug-likeness (QED) is 0.616. The lowest BCUT2D eigenvalue weighted by Gasteiger charge is -2.32. The van der Waals surface area contributed by atoms with E-state index in [1.54, 1.807) is 0 Å². The number of nitrogens with zero attached hydrogens (tertiary/aromatic N) is 1. The molecular weight excluding hydrogens is 235 g/mol. The lowest BCUT2D eigenvalue weighted by molar-refractivity contribution is 0.00578. The molecule has 2 heterocycles. The van der Waals surface area contributed by atoms with Crippen LogP contribution < -0.4 is 5.59 Å². The van der Waals surface area contributed by atoms with Crippen LogP contribution in [0.15, 0.2) is 6.17 Å². The van der Waals surface area contributed by atoms with Crippen LogP contribution >= 0.6 is 0 Å². The van der Waals surface area contributed by atoms with Crippen molar-refractivity contribution in [1.82, 2.24) is 9.97 Å². The van der Waals surface area contributed by atoms with E-state index in [1.807, 2.05) is 27.7 Å². The Bertz CT molecular complexity index is 583. The third-order valence-electron chi connectivity index (χ3n) is 3.32. The van der Waals surface area contributed by atoms with Gasteiger partial charge in [0.2, 0.25) is 5.82 Å². The van der Waals surface area contributed by atoms with Crippen molar-refractivity contribution in [3.05, 3.63) is 12.0 Å². The summed E-state index contributed by atoms with van der Waals surface area (Å²) in [6.07, 6.45) is -0.268. The van der Waals surface area contributed by atoms with Gasteiger partial charge in [0.05, 0.1) is 29.3 Å². The highest BCUT2D eigenvalue weighted by Gasteiger charge is 2.52. The number of carbonyl (C=O) groups excluding carboxylic acids is 1. The number of esters is 1. The van der Waals surface area contributed by atoms with Crippen LogP contribution in [0.25, 0.3) is 0 Å². The van der Waals surface area contributed by atoms with Gasteiger partial charge in [-0.3, -0.25) is 0 Å². The van der Waals surface area contributed by atoms with Crippen LogP contribution in [0.4, 0.5) is 0 Å². The maximum absolute atomic E-state index is 11.7. The van der Waals surface area contributed by atoms with Gasteiger partial charge in [0.15, 0.2) is 0 Å². The van der Waals surface area contributed by atoms with E-state index in [4.69, 9.17) is 14.8 Å². The fourth-order valence-corrected chi connectivity index (χ4v) is 1.52. The second-order valence-corrected chi connectivity index (χ2v) is 5.09. The molecular formula is C11H17BN2O4. The molecule has 0 atom stereocenters. The highest BCUT2D eigenvalue weighted by Crippen LogP contribution is 2.36. The van der Waals surface area contributed by atoms with Gasteiger partial charge < -0.3 is 19.0 Å². The van der Waals surface area contributed by atoms with Gasteiger partial charge in [0, 0.05) is 6.17 Å². The predicted octanol–water partition coefficient (Wildman–Crippen LogP) is 0.495. The number of ether oxygens (including phenoxy) is 1.